The summed E-state index contributed by atoms with van der Waals surface area (Å²) >= 11 is 0. The first-order chi connectivity index (χ1) is 3.81. The number of likely N-dealkylation sites (N-methyl/N-ethyl adjacent to an activating group) is 1. The van der Waals surface area contributed by atoms with E-state index in [0.717, 1.165) is 6.54 Å². The minimum absolute atomic E-state index is 0.366. The zero-order chi connectivity index (χ0) is 6.41. The van der Waals surface area contributed by atoms with Gasteiger partial charge in [0.05, 0.1) is 6.61 Å². The van der Waals surface area contributed by atoms with Crippen molar-refractivity contribution in [3.63, 3.8) is 0 Å². The number of nitrogens with two attached hydrogens (primary N) is 1. The zero-order valence-electron chi connectivity index (χ0n) is 5.48. The Morgan fingerprint density at radius 2 is 2.38 bits per heavy atom. The van der Waals surface area contributed by atoms with Crippen molar-refractivity contribution in [2.24, 2.45) is 5.90 Å². The maximum Gasteiger partial charge on any atom is 0.0829 e. The third kappa shape index (κ3) is 4.05. The van der Waals surface area contributed by atoms with Crippen LogP contribution in [0.3, 0.4) is 0 Å². The Morgan fingerprint density at radius 1 is 1.75 bits per heavy atom. The van der Waals surface area contributed by atoms with Crippen LogP contribution in [0.25, 0.3) is 0 Å². The van der Waals surface area contributed by atoms with Gasteiger partial charge in [-0.1, -0.05) is 6.92 Å². The average Bonchev–Trinajstić information content (AvgIpc) is 1.68. The third-order valence-corrected chi connectivity index (χ3v) is 0.899. The van der Waals surface area contributed by atoms with E-state index in [1.807, 2.05) is 13.8 Å². The van der Waals surface area contributed by atoms with Gasteiger partial charge in [-0.05, 0) is 13.5 Å². The summed E-state index contributed by atoms with van der Waals surface area (Å²) in [6.07, 6.45) is 0. The Labute approximate surface area is 50.2 Å². The molecule has 0 aromatic rings. The van der Waals surface area contributed by atoms with Gasteiger partial charge < -0.3 is 10.2 Å². The predicted molar refractivity (Wildman–Crippen MR) is 33.3 cm³/mol. The summed E-state index contributed by atoms with van der Waals surface area (Å²) in [5.41, 5.74) is 0. The summed E-state index contributed by atoms with van der Waals surface area (Å²) in [6.45, 7) is 5.61. The van der Waals surface area contributed by atoms with Crippen molar-refractivity contribution in [1.82, 2.24) is 5.32 Å². The van der Waals surface area contributed by atoms with E-state index in [4.69, 9.17) is 5.90 Å². The topological polar surface area (TPSA) is 47.3 Å². The summed E-state index contributed by atoms with van der Waals surface area (Å²) in [6, 6.07) is 0.366. The summed E-state index contributed by atoms with van der Waals surface area (Å²) in [5.74, 6) is 4.82. The molecule has 0 aliphatic heterocycles. The minimum atomic E-state index is 0.366. The van der Waals surface area contributed by atoms with E-state index in [2.05, 4.69) is 10.2 Å². The molecule has 50 valence electrons. The molecule has 0 aliphatic carbocycles. The molecule has 0 spiro atoms. The van der Waals surface area contributed by atoms with Crippen LogP contribution in [0.4, 0.5) is 0 Å². The lowest BCUT2D eigenvalue weighted by Crippen LogP contribution is -2.31. The number of rotatable bonds is 4. The lowest BCUT2D eigenvalue weighted by Gasteiger charge is -2.08. The fraction of sp³-hybridized carbons (Fsp3) is 1.00. The molecule has 0 amide bonds. The third-order valence-electron chi connectivity index (χ3n) is 0.899. The summed E-state index contributed by atoms with van der Waals surface area (Å²) < 4.78 is 0. The Morgan fingerprint density at radius 3 is 2.75 bits per heavy atom. The summed E-state index contributed by atoms with van der Waals surface area (Å²) in [4.78, 5) is 4.39. The normalized spacial score (nSPS) is 13.9. The van der Waals surface area contributed by atoms with Gasteiger partial charge in [0.15, 0.2) is 0 Å². The monoisotopic (exact) mass is 118 g/mol. The lowest BCUT2D eigenvalue weighted by atomic mass is 10.4. The SMILES string of the molecule is CCN[C@@H](C)CON. The quantitative estimate of drug-likeness (QED) is 0.506. The highest BCUT2D eigenvalue weighted by Gasteiger charge is 1.95. The van der Waals surface area contributed by atoms with Crippen molar-refractivity contribution < 1.29 is 4.84 Å². The fourth-order valence-corrected chi connectivity index (χ4v) is 0.552. The molecular weight excluding hydrogens is 104 g/mol. The zero-order valence-corrected chi connectivity index (χ0v) is 5.48. The molecule has 0 saturated heterocycles. The first-order valence-electron chi connectivity index (χ1n) is 2.86. The molecule has 1 atom stereocenters. The smallest absolute Gasteiger partial charge is 0.0829 e. The van der Waals surface area contributed by atoms with Crippen LogP contribution in [-0.4, -0.2) is 19.2 Å². The summed E-state index contributed by atoms with van der Waals surface area (Å²) in [7, 11) is 0. The highest BCUT2D eigenvalue weighted by molar-refractivity contribution is 4.54. The van der Waals surface area contributed by atoms with Gasteiger partial charge in [0.2, 0.25) is 0 Å². The van der Waals surface area contributed by atoms with E-state index >= 15 is 0 Å². The lowest BCUT2D eigenvalue weighted by molar-refractivity contribution is 0.119. The fourth-order valence-electron chi connectivity index (χ4n) is 0.552. The first kappa shape index (κ1) is 7.88. The van der Waals surface area contributed by atoms with Crippen LogP contribution in [0.15, 0.2) is 0 Å². The van der Waals surface area contributed by atoms with Crippen molar-refractivity contribution in [1.29, 1.82) is 0 Å². The highest BCUT2D eigenvalue weighted by atomic mass is 16.6. The molecule has 0 radical (unpaired) electrons. The second kappa shape index (κ2) is 5.03. The van der Waals surface area contributed by atoms with Crippen molar-refractivity contribution in [3.05, 3.63) is 0 Å². The van der Waals surface area contributed by atoms with E-state index in [9.17, 15) is 0 Å². The van der Waals surface area contributed by atoms with Gasteiger partial charge in [-0.25, -0.2) is 5.90 Å². The molecule has 3 nitrogen and oxygen atoms in total. The van der Waals surface area contributed by atoms with Crippen LogP contribution in [0, 0.1) is 0 Å². The standard InChI is InChI=1S/C5H14N2O/c1-3-7-5(2)4-8-6/h5,7H,3-4,6H2,1-2H3/t5-/m0/s1. The molecule has 0 saturated carbocycles. The largest absolute Gasteiger partial charge is 0.312 e. The van der Waals surface area contributed by atoms with Gasteiger partial charge in [-0.2, -0.15) is 0 Å². The number of nitrogens with one attached hydrogen (secondary N) is 1. The molecule has 3 heteroatoms. The van der Waals surface area contributed by atoms with Crippen LogP contribution in [0.2, 0.25) is 0 Å². The van der Waals surface area contributed by atoms with Crippen molar-refractivity contribution >= 4 is 0 Å². The van der Waals surface area contributed by atoms with Crippen molar-refractivity contribution in [2.45, 2.75) is 19.9 Å². The van der Waals surface area contributed by atoms with E-state index in [-0.39, 0.29) is 0 Å². The molecule has 0 bridgehead atoms. The molecule has 0 aromatic heterocycles. The van der Waals surface area contributed by atoms with E-state index in [0.29, 0.717) is 12.6 Å². The second-order valence-corrected chi connectivity index (χ2v) is 1.79. The van der Waals surface area contributed by atoms with E-state index < -0.39 is 0 Å². The average molecular weight is 118 g/mol. The van der Waals surface area contributed by atoms with Crippen LogP contribution >= 0.6 is 0 Å². The van der Waals surface area contributed by atoms with Crippen LogP contribution in [0.5, 0.6) is 0 Å². The Balaban J connectivity index is 2.92. The van der Waals surface area contributed by atoms with Gasteiger partial charge in [0, 0.05) is 6.04 Å². The predicted octanol–water partition coefficient (Wildman–Crippen LogP) is -0.125. The molecule has 0 unspecified atom stereocenters. The van der Waals surface area contributed by atoms with Gasteiger partial charge in [0.1, 0.15) is 0 Å². The van der Waals surface area contributed by atoms with Gasteiger partial charge in [-0.15, -0.1) is 0 Å². The molecule has 8 heavy (non-hydrogen) atoms. The Kier molecular flexibility index (Phi) is 4.95. The first-order valence-corrected chi connectivity index (χ1v) is 2.86. The Hall–Kier alpha value is -0.120. The summed E-state index contributed by atoms with van der Waals surface area (Å²) in [5, 5.41) is 3.14. The highest BCUT2D eigenvalue weighted by Crippen LogP contribution is 1.77. The molecular formula is C5H14N2O. The second-order valence-electron chi connectivity index (χ2n) is 1.79. The Bertz CT molecular complexity index is 43.7. The van der Waals surface area contributed by atoms with Crippen molar-refractivity contribution in [3.8, 4) is 0 Å². The van der Waals surface area contributed by atoms with E-state index in [1.165, 1.54) is 0 Å². The molecule has 0 aliphatic rings. The van der Waals surface area contributed by atoms with Gasteiger partial charge in [-0.3, -0.25) is 0 Å². The van der Waals surface area contributed by atoms with Crippen LogP contribution < -0.4 is 11.2 Å². The van der Waals surface area contributed by atoms with Crippen LogP contribution in [0.1, 0.15) is 13.8 Å². The molecule has 0 aromatic carbocycles. The molecule has 0 fully saturated rings. The maximum absolute atomic E-state index is 4.82. The van der Waals surface area contributed by atoms with Crippen molar-refractivity contribution in [2.75, 3.05) is 13.2 Å². The molecule has 3 N–H and O–H groups in total. The van der Waals surface area contributed by atoms with Gasteiger partial charge in [0.25, 0.3) is 0 Å². The number of hydrogen-bond donors (Lipinski definition) is 2. The molecule has 0 rings (SSSR count). The van der Waals surface area contributed by atoms with Gasteiger partial charge >= 0.3 is 0 Å². The maximum atomic E-state index is 4.82. The minimum Gasteiger partial charge on any atom is -0.312 e. The number of hydrogen-bond acceptors (Lipinski definition) is 3. The van der Waals surface area contributed by atoms with E-state index in [1.54, 1.807) is 0 Å². The van der Waals surface area contributed by atoms with Crippen LogP contribution in [-0.2, 0) is 4.84 Å². The molecule has 0 heterocycles.